The van der Waals surface area contributed by atoms with Gasteiger partial charge in [-0.1, -0.05) is 58.9 Å². The van der Waals surface area contributed by atoms with Gasteiger partial charge in [-0.2, -0.15) is 0 Å². The highest BCUT2D eigenvalue weighted by Gasteiger charge is 2.28. The summed E-state index contributed by atoms with van der Waals surface area (Å²) in [4.78, 5) is 0. The molecular weight excluding hydrogens is 194 g/mol. The number of benzene rings is 1. The van der Waals surface area contributed by atoms with Crippen molar-refractivity contribution in [3.8, 4) is 0 Å². The Kier molecular flexibility index (Phi) is 4.15. The smallest absolute Gasteiger partial charge is 0.00702 e. The molecule has 0 spiro atoms. The van der Waals surface area contributed by atoms with E-state index < -0.39 is 0 Å². The molecule has 0 amide bonds. The molecule has 1 unspecified atom stereocenters. The molecule has 0 fully saturated rings. The van der Waals surface area contributed by atoms with Gasteiger partial charge in [-0.15, -0.1) is 0 Å². The van der Waals surface area contributed by atoms with Gasteiger partial charge in [-0.3, -0.25) is 0 Å². The number of nitrogens with two attached hydrogens (primary N) is 1. The zero-order valence-corrected chi connectivity index (χ0v) is 11.2. The average Bonchev–Trinajstić information content (AvgIpc) is 2.27. The van der Waals surface area contributed by atoms with Crippen molar-refractivity contribution in [2.45, 2.75) is 46.0 Å². The highest BCUT2D eigenvalue weighted by molar-refractivity contribution is 5.31. The van der Waals surface area contributed by atoms with Gasteiger partial charge in [0.05, 0.1) is 0 Å². The fourth-order valence-electron chi connectivity index (χ4n) is 1.94. The molecule has 0 bridgehead atoms. The van der Waals surface area contributed by atoms with Gasteiger partial charge in [0.2, 0.25) is 0 Å². The molecule has 0 aliphatic heterocycles. The van der Waals surface area contributed by atoms with Crippen molar-refractivity contribution in [3.05, 3.63) is 35.4 Å². The minimum absolute atomic E-state index is 0.0928. The van der Waals surface area contributed by atoms with E-state index in [-0.39, 0.29) is 5.41 Å². The third-order valence-electron chi connectivity index (χ3n) is 3.94. The summed E-state index contributed by atoms with van der Waals surface area (Å²) >= 11 is 0. The quantitative estimate of drug-likeness (QED) is 0.821. The van der Waals surface area contributed by atoms with Crippen LogP contribution in [0.2, 0.25) is 0 Å². The lowest BCUT2D eigenvalue weighted by Gasteiger charge is -2.33. The third-order valence-corrected chi connectivity index (χ3v) is 3.94. The van der Waals surface area contributed by atoms with Gasteiger partial charge in [0.1, 0.15) is 0 Å². The summed E-state index contributed by atoms with van der Waals surface area (Å²) in [6, 6.07) is 8.94. The van der Waals surface area contributed by atoms with Gasteiger partial charge in [0.15, 0.2) is 0 Å². The van der Waals surface area contributed by atoms with Crippen LogP contribution in [-0.2, 0) is 5.41 Å². The molecular formula is C15H25N. The summed E-state index contributed by atoms with van der Waals surface area (Å²) in [6.07, 6.45) is 0. The van der Waals surface area contributed by atoms with Crippen molar-refractivity contribution >= 4 is 0 Å². The molecule has 0 aliphatic rings. The molecule has 16 heavy (non-hydrogen) atoms. The van der Waals surface area contributed by atoms with Crippen LogP contribution in [0.15, 0.2) is 24.3 Å². The zero-order valence-electron chi connectivity index (χ0n) is 11.2. The summed E-state index contributed by atoms with van der Waals surface area (Å²) < 4.78 is 0. The van der Waals surface area contributed by atoms with Crippen LogP contribution in [-0.4, -0.2) is 6.54 Å². The Labute approximate surface area is 100 Å². The third kappa shape index (κ3) is 2.46. The Balaban J connectivity index is 3.04. The van der Waals surface area contributed by atoms with Crippen molar-refractivity contribution in [2.75, 3.05) is 6.54 Å². The Morgan fingerprint density at radius 3 is 1.88 bits per heavy atom. The number of hydrogen-bond donors (Lipinski definition) is 1. The van der Waals surface area contributed by atoms with Crippen LogP contribution in [0.3, 0.4) is 0 Å². The first-order valence-corrected chi connectivity index (χ1v) is 6.22. The topological polar surface area (TPSA) is 26.0 Å². The Morgan fingerprint density at radius 2 is 1.56 bits per heavy atom. The van der Waals surface area contributed by atoms with Crippen molar-refractivity contribution in [3.63, 3.8) is 0 Å². The fraction of sp³-hybridized carbons (Fsp3) is 0.600. The maximum atomic E-state index is 5.94. The fourth-order valence-corrected chi connectivity index (χ4v) is 1.94. The predicted octanol–water partition coefficient (Wildman–Crippen LogP) is 3.68. The Bertz CT molecular complexity index is 324. The van der Waals surface area contributed by atoms with E-state index in [1.165, 1.54) is 11.1 Å². The van der Waals surface area contributed by atoms with E-state index in [1.807, 2.05) is 0 Å². The lowest BCUT2D eigenvalue weighted by molar-refractivity contribution is 0.347. The van der Waals surface area contributed by atoms with E-state index in [0.717, 1.165) is 0 Å². The molecule has 0 heterocycles. The van der Waals surface area contributed by atoms with Crippen LogP contribution in [0.5, 0.6) is 0 Å². The van der Waals surface area contributed by atoms with E-state index in [0.29, 0.717) is 18.4 Å². The molecule has 0 aromatic heterocycles. The first-order chi connectivity index (χ1) is 7.41. The van der Waals surface area contributed by atoms with E-state index in [2.05, 4.69) is 58.9 Å². The largest absolute Gasteiger partial charge is 0.330 e. The van der Waals surface area contributed by atoms with E-state index in [9.17, 15) is 0 Å². The molecule has 1 rings (SSSR count). The molecule has 0 saturated heterocycles. The second-order valence-electron chi connectivity index (χ2n) is 5.55. The standard InChI is InChI=1S/C15H25N/c1-11(2)13-6-8-14(9-7-13)15(5,10-16)12(3)4/h6-9,11-12H,10,16H2,1-5H3. The Hall–Kier alpha value is -0.820. The van der Waals surface area contributed by atoms with Crippen LogP contribution >= 0.6 is 0 Å². The first-order valence-electron chi connectivity index (χ1n) is 6.22. The number of rotatable bonds is 4. The lowest BCUT2D eigenvalue weighted by Crippen LogP contribution is -2.37. The van der Waals surface area contributed by atoms with Gasteiger partial charge in [0.25, 0.3) is 0 Å². The summed E-state index contributed by atoms with van der Waals surface area (Å²) in [5.74, 6) is 1.15. The average molecular weight is 219 g/mol. The van der Waals surface area contributed by atoms with Crippen molar-refractivity contribution in [2.24, 2.45) is 11.7 Å². The summed E-state index contributed by atoms with van der Waals surface area (Å²) in [6.45, 7) is 11.9. The maximum absolute atomic E-state index is 5.94. The van der Waals surface area contributed by atoms with Crippen LogP contribution in [0, 0.1) is 5.92 Å². The highest BCUT2D eigenvalue weighted by atomic mass is 14.6. The molecule has 0 radical (unpaired) electrons. The highest BCUT2D eigenvalue weighted by Crippen LogP contribution is 2.31. The predicted molar refractivity (Wildman–Crippen MR) is 71.8 cm³/mol. The van der Waals surface area contributed by atoms with Crippen molar-refractivity contribution < 1.29 is 0 Å². The monoisotopic (exact) mass is 219 g/mol. The lowest BCUT2D eigenvalue weighted by atomic mass is 9.73. The number of hydrogen-bond acceptors (Lipinski definition) is 1. The van der Waals surface area contributed by atoms with Gasteiger partial charge >= 0.3 is 0 Å². The van der Waals surface area contributed by atoms with Gasteiger partial charge in [-0.25, -0.2) is 0 Å². The first kappa shape index (κ1) is 13.2. The minimum atomic E-state index is 0.0928. The molecule has 0 saturated carbocycles. The normalized spacial score (nSPS) is 15.5. The van der Waals surface area contributed by atoms with Gasteiger partial charge in [0, 0.05) is 12.0 Å². The van der Waals surface area contributed by atoms with Gasteiger partial charge < -0.3 is 5.73 Å². The summed E-state index contributed by atoms with van der Waals surface area (Å²) in [5, 5.41) is 0. The van der Waals surface area contributed by atoms with Crippen molar-refractivity contribution in [1.29, 1.82) is 0 Å². The molecule has 1 nitrogen and oxygen atoms in total. The van der Waals surface area contributed by atoms with Crippen LogP contribution in [0.1, 0.15) is 51.7 Å². The van der Waals surface area contributed by atoms with Crippen LogP contribution in [0.25, 0.3) is 0 Å². The molecule has 90 valence electrons. The minimum Gasteiger partial charge on any atom is -0.330 e. The Morgan fingerprint density at radius 1 is 1.06 bits per heavy atom. The van der Waals surface area contributed by atoms with E-state index >= 15 is 0 Å². The van der Waals surface area contributed by atoms with E-state index in [1.54, 1.807) is 0 Å². The second-order valence-corrected chi connectivity index (χ2v) is 5.55. The van der Waals surface area contributed by atoms with Crippen molar-refractivity contribution in [1.82, 2.24) is 0 Å². The van der Waals surface area contributed by atoms with Gasteiger partial charge in [-0.05, 0) is 23.0 Å². The molecule has 1 atom stereocenters. The maximum Gasteiger partial charge on any atom is 0.00702 e. The molecule has 2 N–H and O–H groups in total. The molecule has 1 aromatic carbocycles. The second kappa shape index (κ2) is 5.01. The van der Waals surface area contributed by atoms with Crippen LogP contribution in [0.4, 0.5) is 0 Å². The molecule has 0 aliphatic carbocycles. The van der Waals surface area contributed by atoms with E-state index in [4.69, 9.17) is 5.73 Å². The van der Waals surface area contributed by atoms with Crippen LogP contribution < -0.4 is 5.73 Å². The zero-order chi connectivity index (χ0) is 12.3. The SMILES string of the molecule is CC(C)c1ccc(C(C)(CN)C(C)C)cc1. The molecule has 1 heteroatoms. The summed E-state index contributed by atoms with van der Waals surface area (Å²) in [7, 11) is 0. The summed E-state index contributed by atoms with van der Waals surface area (Å²) in [5.41, 5.74) is 8.78. The molecule has 1 aromatic rings.